The molecule has 0 aromatic heterocycles. The summed E-state index contributed by atoms with van der Waals surface area (Å²) in [7, 11) is 0. The lowest BCUT2D eigenvalue weighted by atomic mass is 10.1. The van der Waals surface area contributed by atoms with Crippen LogP contribution in [0.2, 0.25) is 0 Å². The van der Waals surface area contributed by atoms with Crippen LogP contribution in [-0.4, -0.2) is 67.1 Å². The van der Waals surface area contributed by atoms with Crippen molar-refractivity contribution in [2.45, 2.75) is 45.3 Å². The van der Waals surface area contributed by atoms with Crippen molar-refractivity contribution in [2.75, 3.05) is 49.1 Å². The molecule has 2 heterocycles. The number of aliphatic hydroxyl groups excluding tert-OH is 1. The Morgan fingerprint density at radius 1 is 1.08 bits per heavy atom. The molecule has 1 unspecified atom stereocenters. The fraction of sp³-hybridized carbons (Fsp3) is 0.650. The number of nitrogens with zero attached hydrogens (tertiary/aromatic N) is 3. The van der Waals surface area contributed by atoms with Gasteiger partial charge in [-0.25, -0.2) is 4.79 Å². The Labute approximate surface area is 156 Å². The first-order valence-corrected chi connectivity index (χ1v) is 9.58. The summed E-state index contributed by atoms with van der Waals surface area (Å²) in [6.07, 6.45) is 1.46. The zero-order chi connectivity index (χ0) is 18.7. The molecule has 2 saturated heterocycles. The van der Waals surface area contributed by atoms with Gasteiger partial charge in [0.2, 0.25) is 0 Å². The predicted octanol–water partition coefficient (Wildman–Crippen LogP) is 2.70. The van der Waals surface area contributed by atoms with Gasteiger partial charge in [0.05, 0.1) is 6.10 Å². The molecule has 1 atom stereocenters. The highest BCUT2D eigenvalue weighted by Gasteiger charge is 2.26. The molecule has 2 aliphatic heterocycles. The van der Waals surface area contributed by atoms with Crippen molar-refractivity contribution in [3.8, 4) is 0 Å². The minimum atomic E-state index is -0.457. The Kier molecular flexibility index (Phi) is 5.61. The van der Waals surface area contributed by atoms with Crippen molar-refractivity contribution in [2.24, 2.45) is 0 Å². The van der Waals surface area contributed by atoms with Crippen molar-refractivity contribution < 1.29 is 14.6 Å². The Balaban J connectivity index is 1.59. The maximum atomic E-state index is 12.2. The second-order valence-electron chi connectivity index (χ2n) is 8.22. The van der Waals surface area contributed by atoms with Crippen molar-refractivity contribution in [1.82, 2.24) is 4.90 Å². The van der Waals surface area contributed by atoms with Crippen LogP contribution in [0.4, 0.5) is 16.2 Å². The lowest BCUT2D eigenvalue weighted by Gasteiger charge is -2.37. The van der Waals surface area contributed by atoms with Crippen LogP contribution >= 0.6 is 0 Å². The van der Waals surface area contributed by atoms with Gasteiger partial charge in [-0.15, -0.1) is 0 Å². The molecule has 0 aliphatic carbocycles. The molecule has 6 heteroatoms. The van der Waals surface area contributed by atoms with Gasteiger partial charge in [0.25, 0.3) is 0 Å². The van der Waals surface area contributed by atoms with Crippen LogP contribution in [0.25, 0.3) is 0 Å². The average Bonchev–Trinajstić information content (AvgIpc) is 2.60. The number of carbonyl (C=O) groups is 1. The number of piperidine rings is 1. The molecule has 2 fully saturated rings. The smallest absolute Gasteiger partial charge is 0.410 e. The molecule has 0 bridgehead atoms. The SMILES string of the molecule is CC(C)(C)OC(=O)N1CCN(c2cccc(N3CCCC(O)C3)c2)CC1. The van der Waals surface area contributed by atoms with Gasteiger partial charge in [-0.2, -0.15) is 0 Å². The highest BCUT2D eigenvalue weighted by Crippen LogP contribution is 2.26. The number of anilines is 2. The number of benzene rings is 1. The maximum absolute atomic E-state index is 12.2. The zero-order valence-electron chi connectivity index (χ0n) is 16.1. The van der Waals surface area contributed by atoms with E-state index < -0.39 is 5.60 Å². The van der Waals surface area contributed by atoms with Crippen LogP contribution in [0, 0.1) is 0 Å². The average molecular weight is 361 g/mol. The topological polar surface area (TPSA) is 56.2 Å². The molecule has 1 aromatic carbocycles. The molecule has 1 amide bonds. The second-order valence-corrected chi connectivity index (χ2v) is 8.22. The first-order chi connectivity index (χ1) is 12.3. The van der Waals surface area contributed by atoms with Crippen LogP contribution in [0.15, 0.2) is 24.3 Å². The van der Waals surface area contributed by atoms with Crippen LogP contribution in [-0.2, 0) is 4.74 Å². The Morgan fingerprint density at radius 3 is 2.35 bits per heavy atom. The Bertz CT molecular complexity index is 621. The van der Waals surface area contributed by atoms with Gasteiger partial charge in [0, 0.05) is 50.6 Å². The number of aliphatic hydroxyl groups is 1. The molecule has 0 spiro atoms. The molecule has 6 nitrogen and oxygen atoms in total. The van der Waals surface area contributed by atoms with Crippen molar-refractivity contribution in [1.29, 1.82) is 0 Å². The first-order valence-electron chi connectivity index (χ1n) is 9.58. The molecule has 144 valence electrons. The number of ether oxygens (including phenoxy) is 1. The van der Waals surface area contributed by atoms with Gasteiger partial charge < -0.3 is 24.5 Å². The normalized spacial score (nSPS) is 21.7. The number of β-amino-alcohol motifs (C(OH)–C–C–N with tert-alkyl or cyclic N) is 1. The molecule has 0 radical (unpaired) electrons. The van der Waals surface area contributed by atoms with Gasteiger partial charge in [-0.05, 0) is 51.8 Å². The van der Waals surface area contributed by atoms with Gasteiger partial charge in [-0.3, -0.25) is 0 Å². The zero-order valence-corrected chi connectivity index (χ0v) is 16.1. The number of carbonyl (C=O) groups excluding carboxylic acids is 1. The van der Waals surface area contributed by atoms with E-state index in [1.165, 1.54) is 5.69 Å². The molecular formula is C20H31N3O3. The molecule has 1 aromatic rings. The van der Waals surface area contributed by atoms with Gasteiger partial charge in [0.1, 0.15) is 5.60 Å². The lowest BCUT2D eigenvalue weighted by Crippen LogP contribution is -2.50. The van der Waals surface area contributed by atoms with E-state index >= 15 is 0 Å². The molecule has 2 aliphatic rings. The fourth-order valence-electron chi connectivity index (χ4n) is 3.55. The summed E-state index contributed by atoms with van der Waals surface area (Å²) in [6, 6.07) is 8.50. The van der Waals surface area contributed by atoms with E-state index in [1.807, 2.05) is 20.8 Å². The van der Waals surface area contributed by atoms with Crippen molar-refractivity contribution >= 4 is 17.5 Å². The standard InChI is InChI=1S/C20H31N3O3/c1-20(2,3)26-19(25)22-12-10-21(11-13-22)16-6-4-7-17(14-16)23-9-5-8-18(24)15-23/h4,6-7,14,18,24H,5,8-13,15H2,1-3H3. The van der Waals surface area contributed by atoms with Crippen LogP contribution < -0.4 is 9.80 Å². The second kappa shape index (κ2) is 7.74. The molecule has 0 saturated carbocycles. The monoisotopic (exact) mass is 361 g/mol. The van der Waals surface area contributed by atoms with Gasteiger partial charge in [-0.1, -0.05) is 6.07 Å². The number of rotatable bonds is 2. The highest BCUT2D eigenvalue weighted by molar-refractivity contribution is 5.69. The van der Waals surface area contributed by atoms with Crippen LogP contribution in [0.3, 0.4) is 0 Å². The van der Waals surface area contributed by atoms with E-state index in [2.05, 4.69) is 34.1 Å². The Hall–Kier alpha value is -1.95. The first kappa shape index (κ1) is 18.8. The van der Waals surface area contributed by atoms with E-state index in [9.17, 15) is 9.90 Å². The summed E-state index contributed by atoms with van der Waals surface area (Å²) in [6.45, 7) is 10.3. The lowest BCUT2D eigenvalue weighted by molar-refractivity contribution is 0.0240. The van der Waals surface area contributed by atoms with Gasteiger partial charge in [0.15, 0.2) is 0 Å². The molecule has 3 rings (SSSR count). The van der Waals surface area contributed by atoms with Crippen molar-refractivity contribution in [3.05, 3.63) is 24.3 Å². The maximum Gasteiger partial charge on any atom is 0.410 e. The molecule has 1 N–H and O–H groups in total. The summed E-state index contributed by atoms with van der Waals surface area (Å²) in [5.74, 6) is 0. The minimum absolute atomic E-state index is 0.229. The predicted molar refractivity (Wildman–Crippen MR) is 104 cm³/mol. The third-order valence-corrected chi connectivity index (χ3v) is 4.89. The van der Waals surface area contributed by atoms with E-state index in [0.29, 0.717) is 19.6 Å². The highest BCUT2D eigenvalue weighted by atomic mass is 16.6. The third kappa shape index (κ3) is 4.81. The largest absolute Gasteiger partial charge is 0.444 e. The summed E-state index contributed by atoms with van der Waals surface area (Å²) in [4.78, 5) is 18.6. The minimum Gasteiger partial charge on any atom is -0.444 e. The number of hydrogen-bond acceptors (Lipinski definition) is 5. The number of amides is 1. The van der Waals surface area contributed by atoms with Gasteiger partial charge >= 0.3 is 6.09 Å². The summed E-state index contributed by atoms with van der Waals surface area (Å²) in [5, 5.41) is 9.92. The van der Waals surface area contributed by atoms with Crippen LogP contribution in [0.5, 0.6) is 0 Å². The summed E-state index contributed by atoms with van der Waals surface area (Å²) >= 11 is 0. The summed E-state index contributed by atoms with van der Waals surface area (Å²) in [5.41, 5.74) is 1.88. The van der Waals surface area contributed by atoms with E-state index in [-0.39, 0.29) is 12.2 Å². The third-order valence-electron chi connectivity index (χ3n) is 4.89. The Morgan fingerprint density at radius 2 is 1.73 bits per heavy atom. The molecule has 26 heavy (non-hydrogen) atoms. The number of piperazine rings is 1. The quantitative estimate of drug-likeness (QED) is 0.878. The van der Waals surface area contributed by atoms with E-state index in [1.54, 1.807) is 4.90 Å². The van der Waals surface area contributed by atoms with E-state index in [4.69, 9.17) is 4.74 Å². The summed E-state index contributed by atoms with van der Waals surface area (Å²) < 4.78 is 5.46. The van der Waals surface area contributed by atoms with Crippen LogP contribution in [0.1, 0.15) is 33.6 Å². The fourth-order valence-corrected chi connectivity index (χ4v) is 3.55. The number of hydrogen-bond donors (Lipinski definition) is 1. The van der Waals surface area contributed by atoms with Crippen molar-refractivity contribution in [3.63, 3.8) is 0 Å². The molecular weight excluding hydrogens is 330 g/mol. The van der Waals surface area contributed by atoms with E-state index in [0.717, 1.165) is 38.2 Å².